The van der Waals surface area contributed by atoms with Gasteiger partial charge in [-0.15, -0.1) is 0 Å². The van der Waals surface area contributed by atoms with Crippen LogP contribution in [0.2, 0.25) is 0 Å². The molecule has 1 aromatic carbocycles. The van der Waals surface area contributed by atoms with E-state index in [9.17, 15) is 10.1 Å². The lowest BCUT2D eigenvalue weighted by molar-refractivity contribution is 0.161. The summed E-state index contributed by atoms with van der Waals surface area (Å²) in [6, 6.07) is 13.8. The number of urea groups is 1. The van der Waals surface area contributed by atoms with Gasteiger partial charge in [0.15, 0.2) is 5.13 Å². The number of nitrogens with one attached hydrogen (secondary N) is 2. The normalized spacial score (nSPS) is 18.3. The van der Waals surface area contributed by atoms with Gasteiger partial charge in [0.25, 0.3) is 0 Å². The van der Waals surface area contributed by atoms with Crippen molar-refractivity contribution in [3.05, 3.63) is 53.3 Å². The van der Waals surface area contributed by atoms with Crippen LogP contribution in [-0.4, -0.2) is 46.1 Å². The Balaban J connectivity index is 1.73. The molecular weight excluding hydrogens is 420 g/mol. The van der Waals surface area contributed by atoms with E-state index in [1.807, 2.05) is 56.0 Å². The molecule has 0 spiro atoms. The summed E-state index contributed by atoms with van der Waals surface area (Å²) in [5.41, 5.74) is 4.98. The predicted molar refractivity (Wildman–Crippen MR) is 128 cm³/mol. The Morgan fingerprint density at radius 2 is 1.94 bits per heavy atom. The van der Waals surface area contributed by atoms with Gasteiger partial charge in [-0.25, -0.2) is 9.78 Å². The molecule has 2 aromatic heterocycles. The number of pyridine rings is 1. The van der Waals surface area contributed by atoms with Gasteiger partial charge in [0.05, 0.1) is 22.2 Å². The Morgan fingerprint density at radius 3 is 2.66 bits per heavy atom. The number of rotatable bonds is 3. The van der Waals surface area contributed by atoms with E-state index in [1.54, 1.807) is 6.07 Å². The van der Waals surface area contributed by atoms with Crippen LogP contribution in [0.3, 0.4) is 0 Å². The van der Waals surface area contributed by atoms with Crippen molar-refractivity contribution in [3.63, 3.8) is 0 Å². The fraction of sp³-hybridized carbons (Fsp3) is 0.333. The van der Waals surface area contributed by atoms with Crippen LogP contribution >= 0.6 is 11.3 Å². The zero-order valence-corrected chi connectivity index (χ0v) is 19.5. The van der Waals surface area contributed by atoms with Crippen molar-refractivity contribution in [1.82, 2.24) is 20.2 Å². The highest BCUT2D eigenvalue weighted by Crippen LogP contribution is 2.39. The van der Waals surface area contributed by atoms with Gasteiger partial charge < -0.3 is 10.2 Å². The second-order valence-corrected chi connectivity index (χ2v) is 9.27. The first-order valence-electron chi connectivity index (χ1n) is 10.6. The van der Waals surface area contributed by atoms with Crippen LogP contribution in [0.5, 0.6) is 0 Å². The fourth-order valence-electron chi connectivity index (χ4n) is 3.93. The molecule has 4 rings (SSSR count). The average Bonchev–Trinajstić information content (AvgIpc) is 3.18. The lowest BCUT2D eigenvalue weighted by atomic mass is 10.0. The van der Waals surface area contributed by atoms with E-state index in [4.69, 9.17) is 4.98 Å². The van der Waals surface area contributed by atoms with Crippen molar-refractivity contribution in [1.29, 1.82) is 5.26 Å². The predicted octanol–water partition coefficient (Wildman–Crippen LogP) is 4.57. The van der Waals surface area contributed by atoms with Crippen LogP contribution < -0.4 is 10.6 Å². The smallest absolute Gasteiger partial charge is 0.319 e. The second kappa shape index (κ2) is 9.07. The zero-order valence-electron chi connectivity index (χ0n) is 18.6. The molecule has 1 aliphatic rings. The molecule has 2 atom stereocenters. The number of aryl methyl sites for hydroxylation is 2. The van der Waals surface area contributed by atoms with Crippen LogP contribution in [0.25, 0.3) is 21.7 Å². The number of hydrogen-bond donors (Lipinski definition) is 2. The molecule has 32 heavy (non-hydrogen) atoms. The molecule has 0 aliphatic carbocycles. The van der Waals surface area contributed by atoms with Crippen LogP contribution in [0, 0.1) is 25.2 Å². The molecule has 0 saturated carbocycles. The summed E-state index contributed by atoms with van der Waals surface area (Å²) in [7, 11) is 0. The molecule has 1 aliphatic heterocycles. The molecule has 0 radical (unpaired) electrons. The molecule has 3 heterocycles. The molecular formula is C24H26N6OS. The minimum absolute atomic E-state index is 0.0999. The van der Waals surface area contributed by atoms with E-state index in [2.05, 4.69) is 28.6 Å². The maximum absolute atomic E-state index is 13.0. The van der Waals surface area contributed by atoms with Crippen molar-refractivity contribution in [2.75, 3.05) is 18.4 Å². The van der Waals surface area contributed by atoms with Gasteiger partial charge in [0, 0.05) is 42.1 Å². The maximum atomic E-state index is 13.0. The molecule has 1 fully saturated rings. The summed E-state index contributed by atoms with van der Waals surface area (Å²) in [6.07, 6.45) is 0. The number of carbonyl (C=O) groups is 1. The van der Waals surface area contributed by atoms with Gasteiger partial charge in [0.1, 0.15) is 0 Å². The summed E-state index contributed by atoms with van der Waals surface area (Å²) in [4.78, 5) is 25.1. The highest BCUT2D eigenvalue weighted by molar-refractivity contribution is 7.19. The third-order valence-electron chi connectivity index (χ3n) is 5.48. The van der Waals surface area contributed by atoms with Crippen molar-refractivity contribution in [2.45, 2.75) is 39.8 Å². The van der Waals surface area contributed by atoms with Crippen molar-refractivity contribution in [2.24, 2.45) is 0 Å². The Hall–Kier alpha value is -3.28. The monoisotopic (exact) mass is 446 g/mol. The SMILES string of the molecule is Cc1cc(-c2sc(NC(=O)N3CC(C)NCC3C)nc2-c2cccc(C#N)c2)cc(C)n1. The van der Waals surface area contributed by atoms with Gasteiger partial charge >= 0.3 is 6.03 Å². The minimum Gasteiger partial charge on any atom is -0.319 e. The lowest BCUT2D eigenvalue weighted by Crippen LogP contribution is -2.57. The third-order valence-corrected chi connectivity index (χ3v) is 6.49. The van der Waals surface area contributed by atoms with E-state index in [0.29, 0.717) is 17.2 Å². The summed E-state index contributed by atoms with van der Waals surface area (Å²) < 4.78 is 0. The summed E-state index contributed by atoms with van der Waals surface area (Å²) in [6.45, 7) is 9.44. The second-order valence-electron chi connectivity index (χ2n) is 8.27. The molecule has 8 heteroatoms. The average molecular weight is 447 g/mol. The van der Waals surface area contributed by atoms with Crippen molar-refractivity contribution < 1.29 is 4.79 Å². The molecule has 2 N–H and O–H groups in total. The standard InChI is InChI=1S/C24H26N6OS/c1-14-8-20(9-15(2)27-14)22-21(19-7-5-6-18(10-19)11-25)28-23(32-22)29-24(31)30-13-16(3)26-12-17(30)4/h5-10,16-17,26H,12-13H2,1-4H3,(H,28,29,31). The number of amides is 2. The largest absolute Gasteiger partial charge is 0.323 e. The van der Waals surface area contributed by atoms with Gasteiger partial charge in [-0.1, -0.05) is 23.5 Å². The molecule has 3 aromatic rings. The van der Waals surface area contributed by atoms with E-state index >= 15 is 0 Å². The van der Waals surface area contributed by atoms with Crippen LogP contribution in [0.1, 0.15) is 30.8 Å². The molecule has 0 bridgehead atoms. The minimum atomic E-state index is -0.148. The summed E-state index contributed by atoms with van der Waals surface area (Å²) in [5, 5.41) is 16.3. The number of thiazole rings is 1. The first kappa shape index (κ1) is 21.9. The number of carbonyl (C=O) groups excluding carboxylic acids is 1. The van der Waals surface area contributed by atoms with Crippen LogP contribution in [0.4, 0.5) is 9.93 Å². The van der Waals surface area contributed by atoms with Crippen molar-refractivity contribution in [3.8, 4) is 27.8 Å². The molecule has 7 nitrogen and oxygen atoms in total. The summed E-state index contributed by atoms with van der Waals surface area (Å²) in [5.74, 6) is 0. The Kier molecular flexibility index (Phi) is 6.21. The van der Waals surface area contributed by atoms with Gasteiger partial charge in [0.2, 0.25) is 0 Å². The van der Waals surface area contributed by atoms with Gasteiger partial charge in [-0.05, 0) is 57.5 Å². The first-order valence-corrected chi connectivity index (χ1v) is 11.4. The van der Waals surface area contributed by atoms with Crippen molar-refractivity contribution >= 4 is 22.5 Å². The number of anilines is 1. The van der Waals surface area contributed by atoms with Crippen LogP contribution in [0.15, 0.2) is 36.4 Å². The van der Waals surface area contributed by atoms with Crippen LogP contribution in [-0.2, 0) is 0 Å². The van der Waals surface area contributed by atoms with E-state index in [-0.39, 0.29) is 18.1 Å². The fourth-order valence-corrected chi connectivity index (χ4v) is 4.90. The number of piperazine rings is 1. The Morgan fingerprint density at radius 1 is 1.19 bits per heavy atom. The van der Waals surface area contributed by atoms with E-state index in [0.717, 1.165) is 39.6 Å². The first-order chi connectivity index (χ1) is 15.3. The lowest BCUT2D eigenvalue weighted by Gasteiger charge is -2.37. The quantitative estimate of drug-likeness (QED) is 0.614. The number of nitrogens with zero attached hydrogens (tertiary/aromatic N) is 4. The maximum Gasteiger partial charge on any atom is 0.323 e. The molecule has 1 saturated heterocycles. The van der Waals surface area contributed by atoms with E-state index in [1.165, 1.54) is 11.3 Å². The Labute approximate surface area is 192 Å². The molecule has 164 valence electrons. The highest BCUT2D eigenvalue weighted by atomic mass is 32.1. The Bertz CT molecular complexity index is 1180. The number of benzene rings is 1. The highest BCUT2D eigenvalue weighted by Gasteiger charge is 2.27. The van der Waals surface area contributed by atoms with Gasteiger partial charge in [-0.2, -0.15) is 5.26 Å². The molecule has 2 amide bonds. The summed E-state index contributed by atoms with van der Waals surface area (Å²) >= 11 is 1.44. The third kappa shape index (κ3) is 4.64. The number of hydrogen-bond acceptors (Lipinski definition) is 6. The van der Waals surface area contributed by atoms with Gasteiger partial charge in [-0.3, -0.25) is 10.3 Å². The number of nitriles is 1. The zero-order chi connectivity index (χ0) is 22.8. The topological polar surface area (TPSA) is 93.9 Å². The number of aromatic nitrogens is 2. The molecule has 2 unspecified atom stereocenters. The van der Waals surface area contributed by atoms with E-state index < -0.39 is 0 Å².